The molecular formula is C16H20F2N2O4. The number of nitrogens with one attached hydrogen (secondary N) is 1. The van der Waals surface area contributed by atoms with E-state index < -0.39 is 12.7 Å². The third-order valence-corrected chi connectivity index (χ3v) is 3.84. The first-order chi connectivity index (χ1) is 11.5. The summed E-state index contributed by atoms with van der Waals surface area (Å²) < 4.78 is 33.1. The molecule has 0 bridgehead atoms. The number of likely N-dealkylation sites (tertiary alicyclic amines) is 1. The fourth-order valence-electron chi connectivity index (χ4n) is 2.61. The quantitative estimate of drug-likeness (QED) is 0.892. The Morgan fingerprint density at radius 1 is 1.33 bits per heavy atom. The SMILES string of the molecule is COC(=O)N1CCC[C@@H](C(=O)NCc2ccc(OC(F)F)cc2)C1. The number of carbonyl (C=O) groups excluding carboxylic acids is 2. The molecule has 1 aromatic carbocycles. The fourth-order valence-corrected chi connectivity index (χ4v) is 2.61. The lowest BCUT2D eigenvalue weighted by atomic mass is 9.97. The van der Waals surface area contributed by atoms with Gasteiger partial charge in [-0.25, -0.2) is 4.79 Å². The van der Waals surface area contributed by atoms with E-state index in [0.717, 1.165) is 12.0 Å². The largest absolute Gasteiger partial charge is 0.453 e. The molecule has 2 amide bonds. The summed E-state index contributed by atoms with van der Waals surface area (Å²) in [4.78, 5) is 25.3. The molecule has 0 aliphatic carbocycles. The number of hydrogen-bond donors (Lipinski definition) is 1. The number of methoxy groups -OCH3 is 1. The predicted molar refractivity (Wildman–Crippen MR) is 81.6 cm³/mol. The summed E-state index contributed by atoms with van der Waals surface area (Å²) in [5.74, 6) is -0.350. The number of piperidine rings is 1. The van der Waals surface area contributed by atoms with Gasteiger partial charge in [0.1, 0.15) is 5.75 Å². The number of carbonyl (C=O) groups is 2. The molecule has 6 nitrogen and oxygen atoms in total. The first-order valence-corrected chi connectivity index (χ1v) is 7.64. The zero-order valence-electron chi connectivity index (χ0n) is 13.3. The van der Waals surface area contributed by atoms with Crippen LogP contribution in [0.4, 0.5) is 13.6 Å². The van der Waals surface area contributed by atoms with Crippen molar-refractivity contribution in [1.82, 2.24) is 10.2 Å². The summed E-state index contributed by atoms with van der Waals surface area (Å²) >= 11 is 0. The number of alkyl halides is 2. The number of nitrogens with zero attached hydrogens (tertiary/aromatic N) is 1. The van der Waals surface area contributed by atoms with Crippen LogP contribution in [-0.4, -0.2) is 43.7 Å². The Balaban J connectivity index is 1.83. The van der Waals surface area contributed by atoms with E-state index in [2.05, 4.69) is 14.8 Å². The molecule has 0 radical (unpaired) electrons. The summed E-state index contributed by atoms with van der Waals surface area (Å²) in [5.41, 5.74) is 0.769. The molecule has 0 aromatic heterocycles. The minimum atomic E-state index is -2.86. The van der Waals surface area contributed by atoms with Crippen molar-refractivity contribution in [3.8, 4) is 5.75 Å². The fraction of sp³-hybridized carbons (Fsp3) is 0.500. The third kappa shape index (κ3) is 5.07. The van der Waals surface area contributed by atoms with E-state index in [9.17, 15) is 18.4 Å². The molecule has 1 aromatic rings. The molecule has 1 saturated heterocycles. The topological polar surface area (TPSA) is 67.9 Å². The Kier molecular flexibility index (Phi) is 6.34. The van der Waals surface area contributed by atoms with Crippen LogP contribution < -0.4 is 10.1 Å². The summed E-state index contributed by atoms with van der Waals surface area (Å²) in [6.07, 6.45) is 1.02. The summed E-state index contributed by atoms with van der Waals surface area (Å²) in [5, 5.41) is 2.80. The third-order valence-electron chi connectivity index (χ3n) is 3.84. The zero-order valence-corrected chi connectivity index (χ0v) is 13.3. The highest BCUT2D eigenvalue weighted by Gasteiger charge is 2.28. The summed E-state index contributed by atoms with van der Waals surface area (Å²) in [6.45, 7) is -1.66. The molecule has 1 aliphatic heterocycles. The summed E-state index contributed by atoms with van der Waals surface area (Å²) in [6, 6.07) is 6.07. The number of ether oxygens (including phenoxy) is 2. The number of rotatable bonds is 5. The lowest BCUT2D eigenvalue weighted by Gasteiger charge is -2.30. The van der Waals surface area contributed by atoms with E-state index in [1.54, 1.807) is 12.1 Å². The first kappa shape index (κ1) is 18.0. The van der Waals surface area contributed by atoms with Crippen molar-refractivity contribution >= 4 is 12.0 Å². The Morgan fingerprint density at radius 3 is 2.67 bits per heavy atom. The molecule has 2 rings (SSSR count). The van der Waals surface area contributed by atoms with E-state index in [4.69, 9.17) is 0 Å². The Morgan fingerprint density at radius 2 is 2.04 bits per heavy atom. The Labute approximate surface area is 138 Å². The van der Waals surface area contributed by atoms with Crippen LogP contribution in [0.5, 0.6) is 5.75 Å². The van der Waals surface area contributed by atoms with E-state index in [-0.39, 0.29) is 24.1 Å². The van der Waals surface area contributed by atoms with Crippen LogP contribution in [0.25, 0.3) is 0 Å². The second-order valence-electron chi connectivity index (χ2n) is 5.50. The molecule has 0 spiro atoms. The smallest absolute Gasteiger partial charge is 0.409 e. The minimum Gasteiger partial charge on any atom is -0.453 e. The maximum atomic E-state index is 12.2. The van der Waals surface area contributed by atoms with Gasteiger partial charge in [-0.15, -0.1) is 0 Å². The van der Waals surface area contributed by atoms with E-state index in [1.807, 2.05) is 0 Å². The van der Waals surface area contributed by atoms with Crippen LogP contribution in [0.2, 0.25) is 0 Å². The van der Waals surface area contributed by atoms with E-state index in [0.29, 0.717) is 19.5 Å². The van der Waals surface area contributed by atoms with Crippen molar-refractivity contribution in [2.75, 3.05) is 20.2 Å². The lowest BCUT2D eigenvalue weighted by Crippen LogP contribution is -2.45. The van der Waals surface area contributed by atoms with Gasteiger partial charge in [-0.05, 0) is 30.5 Å². The normalized spacial score (nSPS) is 17.5. The maximum Gasteiger partial charge on any atom is 0.409 e. The molecule has 132 valence electrons. The Hall–Kier alpha value is -2.38. The highest BCUT2D eigenvalue weighted by atomic mass is 19.3. The average molecular weight is 342 g/mol. The molecule has 1 heterocycles. The molecule has 1 aliphatic rings. The second-order valence-corrected chi connectivity index (χ2v) is 5.50. The highest BCUT2D eigenvalue weighted by Crippen LogP contribution is 2.18. The van der Waals surface area contributed by atoms with Gasteiger partial charge in [0, 0.05) is 19.6 Å². The molecule has 1 fully saturated rings. The van der Waals surface area contributed by atoms with Gasteiger partial charge in [0.05, 0.1) is 13.0 Å². The maximum absolute atomic E-state index is 12.2. The van der Waals surface area contributed by atoms with Crippen molar-refractivity contribution in [2.45, 2.75) is 26.0 Å². The van der Waals surface area contributed by atoms with Gasteiger partial charge in [-0.2, -0.15) is 8.78 Å². The second kappa shape index (κ2) is 8.47. The Bertz CT molecular complexity index is 566. The van der Waals surface area contributed by atoms with E-state index >= 15 is 0 Å². The molecular weight excluding hydrogens is 322 g/mol. The van der Waals surface area contributed by atoms with E-state index in [1.165, 1.54) is 24.1 Å². The zero-order chi connectivity index (χ0) is 17.5. The molecule has 1 N–H and O–H groups in total. The van der Waals surface area contributed by atoms with Crippen LogP contribution in [0.1, 0.15) is 18.4 Å². The standard InChI is InChI=1S/C16H20F2N2O4/c1-23-16(22)20-8-2-3-12(10-20)14(21)19-9-11-4-6-13(7-5-11)24-15(17)18/h4-7,12,15H,2-3,8-10H2,1H3,(H,19,21)/t12-/m1/s1. The van der Waals surface area contributed by atoms with Gasteiger partial charge in [0.2, 0.25) is 5.91 Å². The number of hydrogen-bond acceptors (Lipinski definition) is 4. The van der Waals surface area contributed by atoms with Crippen LogP contribution >= 0.6 is 0 Å². The van der Waals surface area contributed by atoms with Gasteiger partial charge in [-0.1, -0.05) is 12.1 Å². The minimum absolute atomic E-state index is 0.0704. The van der Waals surface area contributed by atoms with Crippen molar-refractivity contribution in [1.29, 1.82) is 0 Å². The number of halogens is 2. The predicted octanol–water partition coefficient (Wildman–Crippen LogP) is 2.38. The first-order valence-electron chi connectivity index (χ1n) is 7.64. The lowest BCUT2D eigenvalue weighted by molar-refractivity contribution is -0.126. The molecule has 1 atom stereocenters. The van der Waals surface area contributed by atoms with Gasteiger partial charge in [0.25, 0.3) is 0 Å². The monoisotopic (exact) mass is 342 g/mol. The van der Waals surface area contributed by atoms with Crippen molar-refractivity contribution in [3.63, 3.8) is 0 Å². The van der Waals surface area contributed by atoms with Gasteiger partial charge < -0.3 is 19.7 Å². The van der Waals surface area contributed by atoms with Crippen LogP contribution in [-0.2, 0) is 16.1 Å². The number of amides is 2. The van der Waals surface area contributed by atoms with Crippen molar-refractivity contribution in [3.05, 3.63) is 29.8 Å². The van der Waals surface area contributed by atoms with Gasteiger partial charge in [-0.3, -0.25) is 4.79 Å². The van der Waals surface area contributed by atoms with Crippen molar-refractivity contribution < 1.29 is 27.8 Å². The van der Waals surface area contributed by atoms with Gasteiger partial charge in [0.15, 0.2) is 0 Å². The van der Waals surface area contributed by atoms with Crippen LogP contribution in [0.15, 0.2) is 24.3 Å². The highest BCUT2D eigenvalue weighted by molar-refractivity contribution is 5.80. The molecule has 8 heteroatoms. The van der Waals surface area contributed by atoms with Crippen LogP contribution in [0.3, 0.4) is 0 Å². The summed E-state index contributed by atoms with van der Waals surface area (Å²) in [7, 11) is 1.31. The average Bonchev–Trinajstić information content (AvgIpc) is 2.59. The van der Waals surface area contributed by atoms with Crippen molar-refractivity contribution in [2.24, 2.45) is 5.92 Å². The molecule has 0 unspecified atom stereocenters. The molecule has 24 heavy (non-hydrogen) atoms. The molecule has 0 saturated carbocycles. The van der Waals surface area contributed by atoms with Gasteiger partial charge >= 0.3 is 12.7 Å². The van der Waals surface area contributed by atoms with Crippen LogP contribution in [0, 0.1) is 5.92 Å². The number of benzene rings is 1.